The number of anilines is 2. The molecule has 32 heavy (non-hydrogen) atoms. The molecule has 172 valence electrons. The molecule has 2 aromatic rings. The molecule has 0 atom stereocenters. The van der Waals surface area contributed by atoms with Crippen LogP contribution in [0, 0.1) is 6.92 Å². The van der Waals surface area contributed by atoms with Crippen molar-refractivity contribution < 1.29 is 17.9 Å². The van der Waals surface area contributed by atoms with Crippen molar-refractivity contribution in [3.63, 3.8) is 0 Å². The first-order valence-corrected chi connectivity index (χ1v) is 12.5. The van der Waals surface area contributed by atoms with Crippen LogP contribution in [0.25, 0.3) is 0 Å². The van der Waals surface area contributed by atoms with Gasteiger partial charge in [-0.2, -0.15) is 0 Å². The number of aryl methyl sites for hydroxylation is 1. The summed E-state index contributed by atoms with van der Waals surface area (Å²) in [6.07, 6.45) is 0. The van der Waals surface area contributed by atoms with Crippen LogP contribution in [-0.2, 0) is 14.8 Å². The number of ether oxygens (including phenoxy) is 1. The van der Waals surface area contributed by atoms with Crippen molar-refractivity contribution >= 4 is 38.9 Å². The standard InChI is InChI=1S/C22H27ClN4O4S/c1-16-2-4-18(15-20(16)23)32(29,30)25-17-3-5-21(26-8-6-24-7-9-26)19(14-17)22(28)27-10-12-31-13-11-27/h2-5,14-15,24-25H,6-13H2,1H3. The number of hydrogen-bond acceptors (Lipinski definition) is 6. The van der Waals surface area contributed by atoms with E-state index in [1.165, 1.54) is 12.1 Å². The molecule has 0 radical (unpaired) electrons. The van der Waals surface area contributed by atoms with Crippen molar-refractivity contribution in [1.29, 1.82) is 0 Å². The molecule has 1 amide bonds. The molecular weight excluding hydrogens is 452 g/mol. The summed E-state index contributed by atoms with van der Waals surface area (Å²) in [4.78, 5) is 17.3. The highest BCUT2D eigenvalue weighted by Gasteiger charge is 2.25. The highest BCUT2D eigenvalue weighted by molar-refractivity contribution is 7.92. The van der Waals surface area contributed by atoms with Gasteiger partial charge in [0.2, 0.25) is 0 Å². The molecule has 2 aliphatic rings. The molecule has 0 unspecified atom stereocenters. The second-order valence-corrected chi connectivity index (χ2v) is 9.98. The van der Waals surface area contributed by atoms with Gasteiger partial charge < -0.3 is 19.9 Å². The Morgan fingerprint density at radius 2 is 1.78 bits per heavy atom. The maximum atomic E-state index is 13.4. The first-order valence-electron chi connectivity index (χ1n) is 10.6. The summed E-state index contributed by atoms with van der Waals surface area (Å²) in [6.45, 7) is 7.03. The third-order valence-electron chi connectivity index (χ3n) is 5.69. The Bertz CT molecular complexity index is 1100. The van der Waals surface area contributed by atoms with Crippen LogP contribution in [0.15, 0.2) is 41.3 Å². The third kappa shape index (κ3) is 5.01. The highest BCUT2D eigenvalue weighted by Crippen LogP contribution is 2.29. The van der Waals surface area contributed by atoms with E-state index >= 15 is 0 Å². The van der Waals surface area contributed by atoms with Crippen molar-refractivity contribution in [3.8, 4) is 0 Å². The van der Waals surface area contributed by atoms with Gasteiger partial charge in [-0.15, -0.1) is 0 Å². The number of nitrogens with zero attached hydrogens (tertiary/aromatic N) is 2. The molecule has 0 saturated carbocycles. The van der Waals surface area contributed by atoms with Crippen LogP contribution in [0.3, 0.4) is 0 Å². The lowest BCUT2D eigenvalue weighted by atomic mass is 10.1. The van der Waals surface area contributed by atoms with Crippen LogP contribution >= 0.6 is 11.6 Å². The van der Waals surface area contributed by atoms with Gasteiger partial charge in [0, 0.05) is 55.7 Å². The molecule has 2 fully saturated rings. The topological polar surface area (TPSA) is 91.0 Å². The van der Waals surface area contributed by atoms with Crippen molar-refractivity contribution in [1.82, 2.24) is 10.2 Å². The van der Waals surface area contributed by atoms with Gasteiger partial charge in [0.05, 0.1) is 23.7 Å². The second-order valence-electron chi connectivity index (χ2n) is 7.89. The molecule has 4 rings (SSSR count). The molecule has 2 saturated heterocycles. The molecule has 2 N–H and O–H groups in total. The highest BCUT2D eigenvalue weighted by atomic mass is 35.5. The predicted octanol–water partition coefficient (Wildman–Crippen LogP) is 2.33. The summed E-state index contributed by atoms with van der Waals surface area (Å²) in [7, 11) is -3.86. The van der Waals surface area contributed by atoms with Gasteiger partial charge in [-0.25, -0.2) is 8.42 Å². The summed E-state index contributed by atoms with van der Waals surface area (Å²) >= 11 is 6.12. The molecule has 0 bridgehead atoms. The van der Waals surface area contributed by atoms with E-state index in [-0.39, 0.29) is 10.8 Å². The zero-order valence-electron chi connectivity index (χ0n) is 17.9. The van der Waals surface area contributed by atoms with Crippen molar-refractivity contribution in [2.75, 3.05) is 62.1 Å². The van der Waals surface area contributed by atoms with E-state index < -0.39 is 10.0 Å². The molecule has 0 aromatic heterocycles. The zero-order chi connectivity index (χ0) is 22.7. The van der Waals surface area contributed by atoms with E-state index in [0.29, 0.717) is 42.6 Å². The van der Waals surface area contributed by atoms with E-state index in [4.69, 9.17) is 16.3 Å². The lowest BCUT2D eigenvalue weighted by molar-refractivity contribution is 0.0303. The number of rotatable bonds is 5. The SMILES string of the molecule is Cc1ccc(S(=O)(=O)Nc2ccc(N3CCNCC3)c(C(=O)N3CCOCC3)c2)cc1Cl. The fourth-order valence-electron chi connectivity index (χ4n) is 3.84. The summed E-state index contributed by atoms with van der Waals surface area (Å²) < 4.78 is 33.8. The number of nitrogens with one attached hydrogen (secondary N) is 2. The van der Waals surface area contributed by atoms with Gasteiger partial charge in [0.1, 0.15) is 0 Å². The zero-order valence-corrected chi connectivity index (χ0v) is 19.5. The Labute approximate surface area is 193 Å². The summed E-state index contributed by atoms with van der Waals surface area (Å²) in [5, 5.41) is 3.69. The minimum absolute atomic E-state index is 0.0698. The second kappa shape index (κ2) is 9.66. The lowest BCUT2D eigenvalue weighted by Crippen LogP contribution is -2.45. The van der Waals surface area contributed by atoms with Gasteiger partial charge in [0.25, 0.3) is 15.9 Å². The Balaban J connectivity index is 1.66. The van der Waals surface area contributed by atoms with E-state index in [0.717, 1.165) is 37.4 Å². The monoisotopic (exact) mass is 478 g/mol. The summed E-state index contributed by atoms with van der Waals surface area (Å²) in [5.74, 6) is -0.124. The maximum absolute atomic E-state index is 13.4. The van der Waals surface area contributed by atoms with E-state index in [9.17, 15) is 13.2 Å². The first kappa shape index (κ1) is 22.8. The summed E-state index contributed by atoms with van der Waals surface area (Å²) in [5.41, 5.74) is 2.42. The van der Waals surface area contributed by atoms with Crippen LogP contribution in [0.4, 0.5) is 11.4 Å². The van der Waals surface area contributed by atoms with Crippen LogP contribution in [0.2, 0.25) is 5.02 Å². The average Bonchev–Trinajstić information content (AvgIpc) is 2.81. The van der Waals surface area contributed by atoms with E-state index in [1.54, 1.807) is 23.1 Å². The Kier molecular flexibility index (Phi) is 6.90. The minimum Gasteiger partial charge on any atom is -0.378 e. The number of carbonyl (C=O) groups excluding carboxylic acids is 1. The van der Waals surface area contributed by atoms with Crippen molar-refractivity contribution in [3.05, 3.63) is 52.5 Å². The molecular formula is C22H27ClN4O4S. The smallest absolute Gasteiger partial charge is 0.261 e. The van der Waals surface area contributed by atoms with E-state index in [2.05, 4.69) is 14.9 Å². The van der Waals surface area contributed by atoms with Gasteiger partial charge in [-0.3, -0.25) is 9.52 Å². The Hall–Kier alpha value is -2.33. The molecule has 10 heteroatoms. The third-order valence-corrected chi connectivity index (χ3v) is 7.47. The number of amides is 1. The largest absolute Gasteiger partial charge is 0.378 e. The maximum Gasteiger partial charge on any atom is 0.261 e. The van der Waals surface area contributed by atoms with Crippen molar-refractivity contribution in [2.24, 2.45) is 0 Å². The van der Waals surface area contributed by atoms with Crippen LogP contribution in [0.5, 0.6) is 0 Å². The molecule has 8 nitrogen and oxygen atoms in total. The van der Waals surface area contributed by atoms with Gasteiger partial charge in [-0.05, 0) is 42.8 Å². The molecule has 2 heterocycles. The van der Waals surface area contributed by atoms with Crippen LogP contribution < -0.4 is 14.9 Å². The fourth-order valence-corrected chi connectivity index (χ4v) is 5.16. The fraction of sp³-hybridized carbons (Fsp3) is 0.409. The van der Waals surface area contributed by atoms with Crippen LogP contribution in [0.1, 0.15) is 15.9 Å². The predicted molar refractivity (Wildman–Crippen MR) is 125 cm³/mol. The number of piperazine rings is 1. The quantitative estimate of drug-likeness (QED) is 0.685. The van der Waals surface area contributed by atoms with Gasteiger partial charge >= 0.3 is 0 Å². The normalized spacial score (nSPS) is 17.3. The lowest BCUT2D eigenvalue weighted by Gasteiger charge is -2.33. The van der Waals surface area contributed by atoms with Gasteiger partial charge in [0.15, 0.2) is 0 Å². The number of hydrogen-bond donors (Lipinski definition) is 2. The molecule has 2 aromatic carbocycles. The minimum atomic E-state index is -3.86. The number of sulfonamides is 1. The summed E-state index contributed by atoms with van der Waals surface area (Å²) in [6, 6.07) is 9.74. The number of morpholine rings is 1. The first-order chi connectivity index (χ1) is 15.3. The van der Waals surface area contributed by atoms with Crippen molar-refractivity contribution in [2.45, 2.75) is 11.8 Å². The number of carbonyl (C=O) groups is 1. The van der Waals surface area contributed by atoms with E-state index in [1.807, 2.05) is 13.0 Å². The van der Waals surface area contributed by atoms with Gasteiger partial charge in [-0.1, -0.05) is 17.7 Å². The molecule has 0 spiro atoms. The number of halogens is 1. The average molecular weight is 479 g/mol. The Morgan fingerprint density at radius 3 is 2.47 bits per heavy atom. The molecule has 0 aliphatic carbocycles. The number of benzene rings is 2. The van der Waals surface area contributed by atoms with Crippen LogP contribution in [-0.4, -0.2) is 71.7 Å². The Morgan fingerprint density at radius 1 is 1.06 bits per heavy atom. The molecule has 2 aliphatic heterocycles.